The Balaban J connectivity index is 1.59. The summed E-state index contributed by atoms with van der Waals surface area (Å²) >= 11 is 5.90. The summed E-state index contributed by atoms with van der Waals surface area (Å²) in [7, 11) is 0. The Kier molecular flexibility index (Phi) is 4.48. The summed E-state index contributed by atoms with van der Waals surface area (Å²) in [6.07, 6.45) is 4.38. The highest BCUT2D eigenvalue weighted by Gasteiger charge is 2.35. The summed E-state index contributed by atoms with van der Waals surface area (Å²) in [5.41, 5.74) is 1.91. The van der Waals surface area contributed by atoms with Gasteiger partial charge < -0.3 is 9.74 Å². The molecule has 0 saturated heterocycles. The number of carbonyl (C=O) groups excluding carboxylic acids is 1. The molecule has 0 spiro atoms. The normalized spacial score (nSPS) is 20.2. The molecule has 1 saturated carbocycles. The van der Waals surface area contributed by atoms with Crippen molar-refractivity contribution in [3.05, 3.63) is 47.5 Å². The van der Waals surface area contributed by atoms with E-state index in [0.717, 1.165) is 24.1 Å². The van der Waals surface area contributed by atoms with Crippen LogP contribution in [0.4, 0.5) is 0 Å². The van der Waals surface area contributed by atoms with Gasteiger partial charge in [-0.1, -0.05) is 35.0 Å². The van der Waals surface area contributed by atoms with Gasteiger partial charge in [0.05, 0.1) is 12.3 Å². The van der Waals surface area contributed by atoms with Crippen LogP contribution in [0.25, 0.3) is 0 Å². The predicted octanol–water partition coefficient (Wildman–Crippen LogP) is 3.26. The Labute approximate surface area is 135 Å². The molecule has 1 aromatic rings. The lowest BCUT2D eigenvalue weighted by atomic mass is 10.0. The van der Waals surface area contributed by atoms with Gasteiger partial charge in [0.2, 0.25) is 5.91 Å². The van der Waals surface area contributed by atoms with Gasteiger partial charge in [-0.05, 0) is 30.5 Å². The van der Waals surface area contributed by atoms with Crippen molar-refractivity contribution >= 4 is 23.2 Å². The van der Waals surface area contributed by atoms with Gasteiger partial charge in [-0.15, -0.1) is 6.58 Å². The Morgan fingerprint density at radius 2 is 2.14 bits per heavy atom. The third-order valence-corrected chi connectivity index (χ3v) is 4.17. The highest BCUT2D eigenvalue weighted by atomic mass is 35.5. The first kappa shape index (κ1) is 15.1. The average molecular weight is 319 g/mol. The number of rotatable bonds is 6. The summed E-state index contributed by atoms with van der Waals surface area (Å²) in [6, 6.07) is 7.55. The molecule has 116 valence electrons. The van der Waals surface area contributed by atoms with Crippen LogP contribution in [-0.2, 0) is 9.63 Å². The second-order valence-corrected chi connectivity index (χ2v) is 6.22. The zero-order valence-corrected chi connectivity index (χ0v) is 13.1. The lowest BCUT2D eigenvalue weighted by Crippen LogP contribution is -2.38. The van der Waals surface area contributed by atoms with Crippen molar-refractivity contribution in [1.82, 2.24) is 4.90 Å². The van der Waals surface area contributed by atoms with Crippen LogP contribution in [0, 0.1) is 5.92 Å². The Hall–Kier alpha value is -1.81. The third kappa shape index (κ3) is 3.50. The molecule has 1 atom stereocenters. The summed E-state index contributed by atoms with van der Waals surface area (Å²) in [5.74, 6) is 0.418. The van der Waals surface area contributed by atoms with Crippen molar-refractivity contribution in [2.24, 2.45) is 11.1 Å². The third-order valence-electron chi connectivity index (χ3n) is 3.92. The van der Waals surface area contributed by atoms with Crippen molar-refractivity contribution in [2.45, 2.75) is 25.4 Å². The summed E-state index contributed by atoms with van der Waals surface area (Å²) in [6.45, 7) is 4.85. The molecule has 2 aliphatic rings. The molecule has 1 amide bonds. The zero-order valence-electron chi connectivity index (χ0n) is 12.4. The minimum absolute atomic E-state index is 0.0895. The number of amides is 1. The molecule has 3 rings (SSSR count). The van der Waals surface area contributed by atoms with Crippen molar-refractivity contribution in [1.29, 1.82) is 0 Å². The van der Waals surface area contributed by atoms with Crippen molar-refractivity contribution in [2.75, 3.05) is 13.1 Å². The summed E-state index contributed by atoms with van der Waals surface area (Å²) in [4.78, 5) is 19.6. The van der Waals surface area contributed by atoms with Crippen LogP contribution in [0.3, 0.4) is 0 Å². The van der Waals surface area contributed by atoms with Crippen LogP contribution in [0.5, 0.6) is 0 Å². The average Bonchev–Trinajstić information content (AvgIpc) is 3.27. The maximum atomic E-state index is 12.2. The molecule has 5 heteroatoms. The maximum absolute atomic E-state index is 12.2. The minimum atomic E-state index is -0.0895. The second kappa shape index (κ2) is 6.53. The quantitative estimate of drug-likeness (QED) is 0.755. The first-order valence-electron chi connectivity index (χ1n) is 7.55. The fourth-order valence-corrected chi connectivity index (χ4v) is 2.71. The highest BCUT2D eigenvalue weighted by Crippen LogP contribution is 2.31. The van der Waals surface area contributed by atoms with E-state index in [2.05, 4.69) is 11.7 Å². The van der Waals surface area contributed by atoms with E-state index < -0.39 is 0 Å². The molecule has 1 aromatic carbocycles. The fraction of sp³-hybridized carbons (Fsp3) is 0.412. The van der Waals surface area contributed by atoms with E-state index in [-0.39, 0.29) is 17.9 Å². The molecule has 0 N–H and O–H groups in total. The lowest BCUT2D eigenvalue weighted by molar-refractivity contribution is -0.133. The molecule has 0 aromatic heterocycles. The van der Waals surface area contributed by atoms with Gasteiger partial charge in [-0.2, -0.15) is 0 Å². The Bertz CT molecular complexity index is 593. The molecule has 1 aliphatic heterocycles. The van der Waals surface area contributed by atoms with E-state index in [4.69, 9.17) is 16.4 Å². The number of hydrogen-bond donors (Lipinski definition) is 0. The largest absolute Gasteiger partial charge is 0.390 e. The van der Waals surface area contributed by atoms with E-state index in [0.29, 0.717) is 24.5 Å². The van der Waals surface area contributed by atoms with Gasteiger partial charge in [0.25, 0.3) is 0 Å². The SMILES string of the molecule is C=CCN(C[C@H]1CC(c2ccc(Cl)cc2)=NO1)C(=O)C1CC1. The Morgan fingerprint density at radius 3 is 2.77 bits per heavy atom. The summed E-state index contributed by atoms with van der Waals surface area (Å²) in [5, 5.41) is 4.86. The van der Waals surface area contributed by atoms with Gasteiger partial charge in [-0.25, -0.2) is 0 Å². The lowest BCUT2D eigenvalue weighted by Gasteiger charge is -2.23. The molecule has 0 unspecified atom stereocenters. The minimum Gasteiger partial charge on any atom is -0.390 e. The van der Waals surface area contributed by atoms with E-state index in [9.17, 15) is 4.79 Å². The molecule has 4 nitrogen and oxygen atoms in total. The molecule has 0 bridgehead atoms. The number of oxime groups is 1. The van der Waals surface area contributed by atoms with Crippen LogP contribution < -0.4 is 0 Å². The van der Waals surface area contributed by atoms with Crippen LogP contribution in [0.2, 0.25) is 5.02 Å². The number of benzene rings is 1. The topological polar surface area (TPSA) is 41.9 Å². The highest BCUT2D eigenvalue weighted by molar-refractivity contribution is 6.30. The second-order valence-electron chi connectivity index (χ2n) is 5.78. The molecule has 1 aliphatic carbocycles. The van der Waals surface area contributed by atoms with Gasteiger partial charge in [-0.3, -0.25) is 4.79 Å². The van der Waals surface area contributed by atoms with Gasteiger partial charge in [0.1, 0.15) is 0 Å². The number of nitrogens with zero attached hydrogens (tertiary/aromatic N) is 2. The first-order valence-corrected chi connectivity index (χ1v) is 7.93. The van der Waals surface area contributed by atoms with Crippen molar-refractivity contribution in [3.8, 4) is 0 Å². The van der Waals surface area contributed by atoms with Crippen LogP contribution in [0.1, 0.15) is 24.8 Å². The van der Waals surface area contributed by atoms with Crippen molar-refractivity contribution in [3.63, 3.8) is 0 Å². The molecule has 1 fully saturated rings. The molecule has 0 radical (unpaired) electrons. The van der Waals surface area contributed by atoms with E-state index in [1.807, 2.05) is 29.2 Å². The number of hydrogen-bond acceptors (Lipinski definition) is 3. The van der Waals surface area contributed by atoms with Crippen molar-refractivity contribution < 1.29 is 9.63 Å². The van der Waals surface area contributed by atoms with E-state index >= 15 is 0 Å². The van der Waals surface area contributed by atoms with Gasteiger partial charge in [0, 0.05) is 23.9 Å². The van der Waals surface area contributed by atoms with Crippen LogP contribution >= 0.6 is 11.6 Å². The standard InChI is InChI=1S/C17H19ClN2O2/c1-2-9-20(17(21)13-3-4-13)11-15-10-16(19-22-15)12-5-7-14(18)8-6-12/h2,5-8,13,15H,1,3-4,9-11H2/t15-/m1/s1. The fourth-order valence-electron chi connectivity index (χ4n) is 2.58. The molecule has 22 heavy (non-hydrogen) atoms. The van der Waals surface area contributed by atoms with E-state index in [1.54, 1.807) is 6.08 Å². The molecular formula is C17H19ClN2O2. The zero-order chi connectivity index (χ0) is 15.5. The summed E-state index contributed by atoms with van der Waals surface area (Å²) < 4.78 is 0. The maximum Gasteiger partial charge on any atom is 0.226 e. The van der Waals surface area contributed by atoms with E-state index in [1.165, 1.54) is 0 Å². The van der Waals surface area contributed by atoms with Gasteiger partial charge in [0.15, 0.2) is 6.10 Å². The predicted molar refractivity (Wildman–Crippen MR) is 87.0 cm³/mol. The number of halogens is 1. The Morgan fingerprint density at radius 1 is 1.41 bits per heavy atom. The van der Waals surface area contributed by atoms with Crippen LogP contribution in [0.15, 0.2) is 42.1 Å². The van der Waals surface area contributed by atoms with Crippen LogP contribution in [-0.4, -0.2) is 35.7 Å². The monoisotopic (exact) mass is 318 g/mol. The smallest absolute Gasteiger partial charge is 0.226 e. The number of carbonyl (C=O) groups is 1. The first-order chi connectivity index (χ1) is 10.7. The van der Waals surface area contributed by atoms with Gasteiger partial charge >= 0.3 is 0 Å². The molecule has 1 heterocycles. The molecular weight excluding hydrogens is 300 g/mol.